The first-order valence-electron chi connectivity index (χ1n) is 6.58. The molecule has 2 aromatic rings. The van der Waals surface area contributed by atoms with Crippen LogP contribution in [0.4, 0.5) is 8.78 Å². The Hall–Kier alpha value is -0.910. The van der Waals surface area contributed by atoms with Crippen LogP contribution < -0.4 is 5.32 Å². The van der Waals surface area contributed by atoms with Crippen molar-refractivity contribution in [2.75, 3.05) is 12.8 Å². The number of rotatable bonds is 6. The van der Waals surface area contributed by atoms with E-state index in [1.54, 1.807) is 11.8 Å². The lowest BCUT2D eigenvalue weighted by Crippen LogP contribution is -2.30. The quantitative estimate of drug-likeness (QED) is 0.741. The predicted octanol–water partition coefficient (Wildman–Crippen LogP) is 4.65. The Morgan fingerprint density at radius 1 is 1.14 bits per heavy atom. The van der Waals surface area contributed by atoms with Crippen molar-refractivity contribution in [3.8, 4) is 0 Å². The zero-order valence-corrected chi connectivity index (χ0v) is 14.0. The first kappa shape index (κ1) is 16.5. The van der Waals surface area contributed by atoms with Gasteiger partial charge in [-0.2, -0.15) is 0 Å². The molecule has 1 N–H and O–H groups in total. The highest BCUT2D eigenvalue weighted by molar-refractivity contribution is 9.10. The molecule has 0 aliphatic carbocycles. The molecular formula is C16H16BrF2NS. The second kappa shape index (κ2) is 7.92. The largest absolute Gasteiger partial charge is 0.316 e. The van der Waals surface area contributed by atoms with E-state index in [0.29, 0.717) is 12.0 Å². The van der Waals surface area contributed by atoms with Gasteiger partial charge in [0.15, 0.2) is 0 Å². The van der Waals surface area contributed by atoms with E-state index in [2.05, 4.69) is 21.2 Å². The molecule has 0 saturated carbocycles. The highest BCUT2D eigenvalue weighted by Crippen LogP contribution is 2.27. The molecule has 2 aromatic carbocycles. The van der Waals surface area contributed by atoms with E-state index in [1.165, 1.54) is 12.1 Å². The Morgan fingerprint density at radius 2 is 1.81 bits per heavy atom. The fourth-order valence-corrected chi connectivity index (χ4v) is 3.68. The Labute approximate surface area is 136 Å². The zero-order chi connectivity index (χ0) is 15.2. The zero-order valence-electron chi connectivity index (χ0n) is 11.6. The molecule has 1 nitrogen and oxygen atoms in total. The minimum atomic E-state index is -0.529. The van der Waals surface area contributed by atoms with E-state index in [0.717, 1.165) is 21.2 Å². The SMILES string of the molecule is CNC(CSc1ccccc1Br)Cc1cc(F)cc(F)c1. The first-order chi connectivity index (χ1) is 10.1. The van der Waals surface area contributed by atoms with Gasteiger partial charge in [0.25, 0.3) is 0 Å². The summed E-state index contributed by atoms with van der Waals surface area (Å²) in [6.07, 6.45) is 0.586. The lowest BCUT2D eigenvalue weighted by atomic mass is 10.1. The van der Waals surface area contributed by atoms with Crippen LogP contribution in [0.2, 0.25) is 0 Å². The molecule has 0 fully saturated rings. The first-order valence-corrected chi connectivity index (χ1v) is 8.36. The van der Waals surface area contributed by atoms with Crippen molar-refractivity contribution in [2.45, 2.75) is 17.4 Å². The number of likely N-dealkylation sites (N-methyl/N-ethyl adjacent to an activating group) is 1. The molecule has 112 valence electrons. The van der Waals surface area contributed by atoms with Gasteiger partial charge in [-0.15, -0.1) is 11.8 Å². The Kier molecular flexibility index (Phi) is 6.21. The summed E-state index contributed by atoms with van der Waals surface area (Å²) in [6, 6.07) is 11.8. The summed E-state index contributed by atoms with van der Waals surface area (Å²) in [5.41, 5.74) is 0.666. The molecule has 1 unspecified atom stereocenters. The van der Waals surface area contributed by atoms with Crippen LogP contribution in [0, 0.1) is 11.6 Å². The van der Waals surface area contributed by atoms with E-state index < -0.39 is 11.6 Å². The number of hydrogen-bond donors (Lipinski definition) is 1. The van der Waals surface area contributed by atoms with Gasteiger partial charge in [-0.05, 0) is 59.2 Å². The second-order valence-electron chi connectivity index (χ2n) is 4.71. The lowest BCUT2D eigenvalue weighted by molar-refractivity contribution is 0.569. The average Bonchev–Trinajstić information content (AvgIpc) is 2.44. The van der Waals surface area contributed by atoms with Gasteiger partial charge in [-0.25, -0.2) is 8.78 Å². The summed E-state index contributed by atoms with van der Waals surface area (Å²) in [4.78, 5) is 1.16. The van der Waals surface area contributed by atoms with E-state index in [1.807, 2.05) is 31.3 Å². The normalized spacial score (nSPS) is 12.4. The summed E-state index contributed by atoms with van der Waals surface area (Å²) in [5.74, 6) is -0.242. The number of nitrogens with one attached hydrogen (secondary N) is 1. The van der Waals surface area contributed by atoms with E-state index in [-0.39, 0.29) is 6.04 Å². The molecule has 0 heterocycles. The third kappa shape index (κ3) is 5.09. The molecule has 5 heteroatoms. The minimum Gasteiger partial charge on any atom is -0.316 e. The van der Waals surface area contributed by atoms with Gasteiger partial charge in [0, 0.05) is 27.2 Å². The number of benzene rings is 2. The van der Waals surface area contributed by atoms with Crippen molar-refractivity contribution >= 4 is 27.7 Å². The van der Waals surface area contributed by atoms with Crippen LogP contribution in [-0.4, -0.2) is 18.8 Å². The van der Waals surface area contributed by atoms with Gasteiger partial charge in [0.2, 0.25) is 0 Å². The van der Waals surface area contributed by atoms with Gasteiger partial charge in [0.05, 0.1) is 0 Å². The molecule has 2 rings (SSSR count). The number of hydrogen-bond acceptors (Lipinski definition) is 2. The van der Waals surface area contributed by atoms with Gasteiger partial charge in [0.1, 0.15) is 11.6 Å². The van der Waals surface area contributed by atoms with Crippen molar-refractivity contribution < 1.29 is 8.78 Å². The summed E-state index contributed by atoms with van der Waals surface area (Å²) in [5, 5.41) is 3.20. The van der Waals surface area contributed by atoms with Crippen LogP contribution in [0.1, 0.15) is 5.56 Å². The highest BCUT2D eigenvalue weighted by Gasteiger charge is 2.11. The van der Waals surface area contributed by atoms with Crippen molar-refractivity contribution in [2.24, 2.45) is 0 Å². The predicted molar refractivity (Wildman–Crippen MR) is 87.8 cm³/mol. The monoisotopic (exact) mass is 371 g/mol. The third-order valence-corrected chi connectivity index (χ3v) is 5.28. The molecule has 0 bridgehead atoms. The molecule has 0 radical (unpaired) electrons. The van der Waals surface area contributed by atoms with Gasteiger partial charge in [-0.1, -0.05) is 12.1 Å². The van der Waals surface area contributed by atoms with Crippen LogP contribution in [-0.2, 0) is 6.42 Å². The van der Waals surface area contributed by atoms with Crippen molar-refractivity contribution in [1.29, 1.82) is 0 Å². The van der Waals surface area contributed by atoms with Crippen LogP contribution >= 0.6 is 27.7 Å². The van der Waals surface area contributed by atoms with Gasteiger partial charge < -0.3 is 5.32 Å². The highest BCUT2D eigenvalue weighted by atomic mass is 79.9. The molecule has 21 heavy (non-hydrogen) atoms. The van der Waals surface area contributed by atoms with E-state index in [4.69, 9.17) is 0 Å². The fourth-order valence-electron chi connectivity index (χ4n) is 2.01. The third-order valence-electron chi connectivity index (χ3n) is 3.09. The molecule has 0 aliphatic heterocycles. The molecular weight excluding hydrogens is 356 g/mol. The molecule has 0 aromatic heterocycles. The number of halogens is 3. The van der Waals surface area contributed by atoms with Crippen LogP contribution in [0.15, 0.2) is 51.8 Å². The van der Waals surface area contributed by atoms with E-state index in [9.17, 15) is 8.78 Å². The van der Waals surface area contributed by atoms with Gasteiger partial charge >= 0.3 is 0 Å². The Balaban J connectivity index is 1.98. The smallest absolute Gasteiger partial charge is 0.126 e. The summed E-state index contributed by atoms with van der Waals surface area (Å²) < 4.78 is 27.5. The van der Waals surface area contributed by atoms with Crippen molar-refractivity contribution in [1.82, 2.24) is 5.32 Å². The Morgan fingerprint density at radius 3 is 2.43 bits per heavy atom. The Bertz CT molecular complexity index is 586. The summed E-state index contributed by atoms with van der Waals surface area (Å²) in [7, 11) is 1.86. The topological polar surface area (TPSA) is 12.0 Å². The van der Waals surface area contributed by atoms with Crippen LogP contribution in [0.25, 0.3) is 0 Å². The van der Waals surface area contributed by atoms with Crippen molar-refractivity contribution in [3.05, 3.63) is 64.1 Å². The number of thioether (sulfide) groups is 1. The molecule has 0 aliphatic rings. The maximum absolute atomic E-state index is 13.2. The van der Waals surface area contributed by atoms with E-state index >= 15 is 0 Å². The molecule has 0 saturated heterocycles. The van der Waals surface area contributed by atoms with Crippen LogP contribution in [0.3, 0.4) is 0 Å². The van der Waals surface area contributed by atoms with Crippen LogP contribution in [0.5, 0.6) is 0 Å². The molecule has 1 atom stereocenters. The molecule has 0 amide bonds. The minimum absolute atomic E-state index is 0.142. The van der Waals surface area contributed by atoms with Crippen molar-refractivity contribution in [3.63, 3.8) is 0 Å². The lowest BCUT2D eigenvalue weighted by Gasteiger charge is -2.16. The molecule has 0 spiro atoms. The fraction of sp³-hybridized carbons (Fsp3) is 0.250. The summed E-state index contributed by atoms with van der Waals surface area (Å²) >= 11 is 5.22. The maximum atomic E-state index is 13.2. The van der Waals surface area contributed by atoms with Gasteiger partial charge in [-0.3, -0.25) is 0 Å². The maximum Gasteiger partial charge on any atom is 0.126 e. The second-order valence-corrected chi connectivity index (χ2v) is 6.63. The standard InChI is InChI=1S/C16H16BrF2NS/c1-20-14(8-11-6-12(18)9-13(19)7-11)10-21-16-5-3-2-4-15(16)17/h2-7,9,14,20H,8,10H2,1H3. The summed E-state index contributed by atoms with van der Waals surface area (Å²) in [6.45, 7) is 0. The average molecular weight is 372 g/mol.